The highest BCUT2D eigenvalue weighted by molar-refractivity contribution is 6.55. The molecule has 0 atom stereocenters. The maximum absolute atomic E-state index is 5.33. The van der Waals surface area contributed by atoms with Crippen LogP contribution >= 0.6 is 0 Å². The summed E-state index contributed by atoms with van der Waals surface area (Å²) in [5.74, 6) is 0. The molecule has 0 aliphatic rings. The third kappa shape index (κ3) is 2.95. The molecule has 0 amide bonds. The molecule has 1 aromatic rings. The first-order valence-electron chi connectivity index (χ1n) is 4.34. The Kier molecular flexibility index (Phi) is 3.66. The van der Waals surface area contributed by atoms with Gasteiger partial charge >= 0.3 is 0 Å². The highest BCUT2D eigenvalue weighted by Gasteiger charge is 2.23. The van der Waals surface area contributed by atoms with Crippen molar-refractivity contribution in [3.63, 3.8) is 0 Å². The second-order valence-corrected chi connectivity index (χ2v) is 5.66. The van der Waals surface area contributed by atoms with Gasteiger partial charge in [0.25, 0.3) is 0 Å². The van der Waals surface area contributed by atoms with Gasteiger partial charge in [-0.1, -0.05) is 35.5 Å². The van der Waals surface area contributed by atoms with Crippen LogP contribution in [0.25, 0.3) is 0 Å². The second kappa shape index (κ2) is 4.55. The molecule has 0 fully saturated rings. The lowest BCUT2D eigenvalue weighted by atomic mass is 10.4. The number of rotatable bonds is 4. The second-order valence-electron chi connectivity index (χ2n) is 3.20. The molecule has 1 aromatic carbocycles. The van der Waals surface area contributed by atoms with Crippen LogP contribution in [0.3, 0.4) is 0 Å². The van der Waals surface area contributed by atoms with Crippen molar-refractivity contribution >= 4 is 14.7 Å². The summed E-state index contributed by atoms with van der Waals surface area (Å²) in [6.07, 6.45) is 0. The molecule has 0 N–H and O–H groups in total. The summed E-state index contributed by atoms with van der Waals surface area (Å²) in [5.41, 5.74) is -0.374. The van der Waals surface area contributed by atoms with Crippen LogP contribution in [0.15, 0.2) is 30.3 Å². The number of hydrogen-bond donors (Lipinski definition) is 0. The van der Waals surface area contributed by atoms with E-state index in [0.717, 1.165) is 0 Å². The quantitative estimate of drug-likeness (QED) is 0.514. The number of benzene rings is 1. The first kappa shape index (κ1) is 10.4. The zero-order chi connectivity index (χ0) is 9.73. The number of hydrogen-bond acceptors (Lipinski definition) is 2. The minimum atomic E-state index is -0.538. The van der Waals surface area contributed by atoms with E-state index in [2.05, 4.69) is 12.1 Å². The molecule has 0 heterocycles. The Morgan fingerprint density at radius 1 is 1.08 bits per heavy atom. The van der Waals surface area contributed by atoms with Crippen molar-refractivity contribution < 1.29 is 9.47 Å². The van der Waals surface area contributed by atoms with Crippen LogP contribution in [0.1, 0.15) is 6.92 Å². The Hall–Kier alpha value is -0.643. The van der Waals surface area contributed by atoms with Crippen LogP contribution < -0.4 is 5.19 Å². The predicted molar refractivity (Wildman–Crippen MR) is 57.0 cm³/mol. The average molecular weight is 196 g/mol. The first-order chi connectivity index (χ1) is 6.20. The summed E-state index contributed by atoms with van der Waals surface area (Å²) in [4.78, 5) is 0. The van der Waals surface area contributed by atoms with E-state index in [9.17, 15) is 0 Å². The van der Waals surface area contributed by atoms with Crippen molar-refractivity contribution in [3.05, 3.63) is 30.3 Å². The Morgan fingerprint density at radius 2 is 1.62 bits per heavy atom. The van der Waals surface area contributed by atoms with Gasteiger partial charge in [-0.3, -0.25) is 0 Å². The molecule has 0 radical (unpaired) electrons. The normalized spacial score (nSPS) is 12.5. The van der Waals surface area contributed by atoms with Gasteiger partial charge in [0.2, 0.25) is 0 Å². The minimum Gasteiger partial charge on any atom is -0.358 e. The Balaban J connectivity index is 2.68. The largest absolute Gasteiger partial charge is 0.358 e. The fourth-order valence-corrected chi connectivity index (χ4v) is 2.73. The molecule has 0 aliphatic carbocycles. The highest BCUT2D eigenvalue weighted by atomic mass is 28.2. The van der Waals surface area contributed by atoms with E-state index in [1.165, 1.54) is 5.19 Å². The molecule has 0 saturated heterocycles. The van der Waals surface area contributed by atoms with Gasteiger partial charge in [-0.2, -0.15) is 0 Å². The fourth-order valence-electron chi connectivity index (χ4n) is 1.19. The maximum Gasteiger partial charge on any atom is 0.146 e. The molecule has 3 heteroatoms. The number of ether oxygens (including phenoxy) is 2. The van der Waals surface area contributed by atoms with E-state index in [1.807, 2.05) is 25.1 Å². The summed E-state index contributed by atoms with van der Waals surface area (Å²) in [6, 6.07) is 10.4. The summed E-state index contributed by atoms with van der Waals surface area (Å²) < 4.78 is 10.7. The zero-order valence-electron chi connectivity index (χ0n) is 8.41. The highest BCUT2D eigenvalue weighted by Crippen LogP contribution is 2.06. The van der Waals surface area contributed by atoms with Crippen molar-refractivity contribution in [1.82, 2.24) is 0 Å². The Morgan fingerprint density at radius 3 is 2.08 bits per heavy atom. The van der Waals surface area contributed by atoms with E-state index in [0.29, 0.717) is 0 Å². The Labute approximate surface area is 81.7 Å². The van der Waals surface area contributed by atoms with E-state index < -0.39 is 9.52 Å². The van der Waals surface area contributed by atoms with E-state index in [1.54, 1.807) is 14.2 Å². The summed E-state index contributed by atoms with van der Waals surface area (Å²) in [6.45, 7) is 1.99. The molecule has 0 aliphatic heterocycles. The van der Waals surface area contributed by atoms with Crippen LogP contribution in [0.2, 0.25) is 0 Å². The van der Waals surface area contributed by atoms with Crippen molar-refractivity contribution in [2.24, 2.45) is 0 Å². The monoisotopic (exact) mass is 196 g/mol. The summed E-state index contributed by atoms with van der Waals surface area (Å²) in [5, 5.41) is 1.36. The molecule has 0 spiro atoms. The van der Waals surface area contributed by atoms with Crippen molar-refractivity contribution in [2.45, 2.75) is 12.3 Å². The molecule has 0 unspecified atom stereocenters. The molecule has 1 rings (SSSR count). The van der Waals surface area contributed by atoms with Gasteiger partial charge in [-0.15, -0.1) is 0 Å². The molecule has 0 aromatic heterocycles. The third-order valence-electron chi connectivity index (χ3n) is 2.23. The summed E-state index contributed by atoms with van der Waals surface area (Å²) in [7, 11) is 2.85. The topological polar surface area (TPSA) is 18.5 Å². The first-order valence-corrected chi connectivity index (χ1v) is 5.76. The van der Waals surface area contributed by atoms with E-state index in [4.69, 9.17) is 9.47 Å². The lowest BCUT2D eigenvalue weighted by Gasteiger charge is -2.26. The standard InChI is InChI=1S/C10H16O2Si/c1-10(11-2,12-3)13-9-7-5-4-6-8-9/h4-8H,13H2,1-3H3. The van der Waals surface area contributed by atoms with Crippen molar-refractivity contribution in [1.29, 1.82) is 0 Å². The smallest absolute Gasteiger partial charge is 0.146 e. The van der Waals surface area contributed by atoms with Crippen molar-refractivity contribution in [2.75, 3.05) is 14.2 Å². The van der Waals surface area contributed by atoms with Crippen LogP contribution in [-0.4, -0.2) is 29.1 Å². The van der Waals surface area contributed by atoms with E-state index >= 15 is 0 Å². The van der Waals surface area contributed by atoms with Crippen LogP contribution in [0, 0.1) is 0 Å². The van der Waals surface area contributed by atoms with Gasteiger partial charge in [0.15, 0.2) is 0 Å². The molecular formula is C10H16O2Si. The van der Waals surface area contributed by atoms with E-state index in [-0.39, 0.29) is 5.41 Å². The third-order valence-corrected chi connectivity index (χ3v) is 4.33. The fraction of sp³-hybridized carbons (Fsp3) is 0.400. The van der Waals surface area contributed by atoms with Gasteiger partial charge in [0.05, 0.1) is 0 Å². The molecular weight excluding hydrogens is 180 g/mol. The SMILES string of the molecule is COC(C)(OC)[SiH2]c1ccccc1. The molecule has 0 saturated carbocycles. The molecule has 72 valence electrons. The van der Waals surface area contributed by atoms with Crippen molar-refractivity contribution in [3.8, 4) is 0 Å². The molecule has 13 heavy (non-hydrogen) atoms. The minimum absolute atomic E-state index is 0.374. The lowest BCUT2D eigenvalue weighted by molar-refractivity contribution is -0.129. The maximum atomic E-state index is 5.33. The zero-order valence-corrected chi connectivity index (χ0v) is 9.82. The Bertz CT molecular complexity index is 244. The predicted octanol–water partition coefficient (Wildman–Crippen LogP) is 0.447. The summed E-state index contributed by atoms with van der Waals surface area (Å²) >= 11 is 0. The number of methoxy groups -OCH3 is 2. The lowest BCUT2D eigenvalue weighted by Crippen LogP contribution is -2.43. The molecule has 0 bridgehead atoms. The van der Waals surface area contributed by atoms with Gasteiger partial charge < -0.3 is 9.47 Å². The van der Waals surface area contributed by atoms with Gasteiger partial charge in [0, 0.05) is 14.2 Å². The van der Waals surface area contributed by atoms with Gasteiger partial charge in [0.1, 0.15) is 14.9 Å². The molecule has 2 nitrogen and oxygen atoms in total. The van der Waals surface area contributed by atoms with Crippen LogP contribution in [-0.2, 0) is 9.47 Å². The van der Waals surface area contributed by atoms with Gasteiger partial charge in [-0.05, 0) is 6.92 Å². The van der Waals surface area contributed by atoms with Crippen LogP contribution in [0.5, 0.6) is 0 Å². The van der Waals surface area contributed by atoms with Crippen LogP contribution in [0.4, 0.5) is 0 Å². The average Bonchev–Trinajstić information content (AvgIpc) is 2.19. The van der Waals surface area contributed by atoms with Gasteiger partial charge in [-0.25, -0.2) is 0 Å².